The number of hydrogen-bond donors (Lipinski definition) is 1. The Bertz CT molecular complexity index is 294. The van der Waals surface area contributed by atoms with Crippen LogP contribution in [-0.2, 0) is 6.42 Å². The summed E-state index contributed by atoms with van der Waals surface area (Å²) in [5.74, 6) is -0.210. The van der Waals surface area contributed by atoms with Crippen molar-refractivity contribution in [2.75, 3.05) is 5.73 Å². The molecule has 1 aromatic rings. The summed E-state index contributed by atoms with van der Waals surface area (Å²) in [4.78, 5) is 0. The first-order valence-corrected chi connectivity index (χ1v) is 4.69. The van der Waals surface area contributed by atoms with Crippen LogP contribution in [0, 0.1) is 12.7 Å². The maximum absolute atomic E-state index is 13.0. The summed E-state index contributed by atoms with van der Waals surface area (Å²) >= 11 is 0. The fourth-order valence-corrected chi connectivity index (χ4v) is 1.34. The first-order valence-electron chi connectivity index (χ1n) is 4.69. The number of anilines is 1. The van der Waals surface area contributed by atoms with Crippen LogP contribution in [0.1, 0.15) is 30.9 Å². The molecule has 0 bridgehead atoms. The van der Waals surface area contributed by atoms with Gasteiger partial charge in [0.15, 0.2) is 0 Å². The van der Waals surface area contributed by atoms with Gasteiger partial charge in [-0.1, -0.05) is 19.4 Å². The van der Waals surface area contributed by atoms with Crippen molar-refractivity contribution in [1.29, 1.82) is 0 Å². The molecule has 1 aromatic carbocycles. The second kappa shape index (κ2) is 4.26. The van der Waals surface area contributed by atoms with Crippen LogP contribution in [-0.4, -0.2) is 0 Å². The van der Waals surface area contributed by atoms with E-state index in [1.54, 1.807) is 6.92 Å². The fourth-order valence-electron chi connectivity index (χ4n) is 1.34. The predicted molar refractivity (Wildman–Crippen MR) is 54.2 cm³/mol. The minimum Gasteiger partial charge on any atom is -0.398 e. The molecular formula is C11H16FN. The lowest BCUT2D eigenvalue weighted by atomic mass is 10.0. The Labute approximate surface area is 78.8 Å². The van der Waals surface area contributed by atoms with E-state index in [1.165, 1.54) is 6.07 Å². The molecule has 0 aliphatic heterocycles. The minimum atomic E-state index is -0.210. The molecule has 0 spiro atoms. The molecule has 0 unspecified atom stereocenters. The van der Waals surface area contributed by atoms with Gasteiger partial charge in [-0.25, -0.2) is 4.39 Å². The Kier molecular flexibility index (Phi) is 3.29. The first-order chi connectivity index (χ1) is 6.15. The second-order valence-corrected chi connectivity index (χ2v) is 3.40. The number of benzene rings is 1. The Balaban J connectivity index is 2.88. The number of rotatable bonds is 3. The lowest BCUT2D eigenvalue weighted by molar-refractivity contribution is 0.618. The third kappa shape index (κ3) is 2.44. The number of nitrogens with two attached hydrogens (primary N) is 1. The van der Waals surface area contributed by atoms with Crippen molar-refractivity contribution in [2.24, 2.45) is 0 Å². The van der Waals surface area contributed by atoms with E-state index in [0.29, 0.717) is 11.3 Å². The van der Waals surface area contributed by atoms with Crippen LogP contribution in [0.25, 0.3) is 0 Å². The second-order valence-electron chi connectivity index (χ2n) is 3.40. The Morgan fingerprint density at radius 1 is 1.38 bits per heavy atom. The molecule has 0 fully saturated rings. The molecule has 1 rings (SSSR count). The third-order valence-corrected chi connectivity index (χ3v) is 2.22. The van der Waals surface area contributed by atoms with Gasteiger partial charge in [0.2, 0.25) is 0 Å². The van der Waals surface area contributed by atoms with Gasteiger partial charge in [0.1, 0.15) is 5.82 Å². The highest BCUT2D eigenvalue weighted by Gasteiger charge is 2.03. The van der Waals surface area contributed by atoms with Gasteiger partial charge in [0.05, 0.1) is 0 Å². The highest BCUT2D eigenvalue weighted by molar-refractivity contribution is 5.49. The number of hydrogen-bond acceptors (Lipinski definition) is 1. The molecule has 0 heterocycles. The smallest absolute Gasteiger partial charge is 0.128 e. The van der Waals surface area contributed by atoms with E-state index in [9.17, 15) is 4.39 Å². The van der Waals surface area contributed by atoms with E-state index >= 15 is 0 Å². The molecule has 0 atom stereocenters. The molecular weight excluding hydrogens is 165 g/mol. The van der Waals surface area contributed by atoms with E-state index in [2.05, 4.69) is 6.92 Å². The van der Waals surface area contributed by atoms with Crippen molar-refractivity contribution in [2.45, 2.75) is 33.1 Å². The van der Waals surface area contributed by atoms with Crippen molar-refractivity contribution in [3.05, 3.63) is 29.1 Å². The Morgan fingerprint density at radius 3 is 2.69 bits per heavy atom. The van der Waals surface area contributed by atoms with Crippen molar-refractivity contribution in [3.8, 4) is 0 Å². The normalized spacial score (nSPS) is 10.4. The predicted octanol–water partition coefficient (Wildman–Crippen LogP) is 3.06. The van der Waals surface area contributed by atoms with Crippen molar-refractivity contribution in [3.63, 3.8) is 0 Å². The minimum absolute atomic E-state index is 0.210. The van der Waals surface area contributed by atoms with Crippen LogP contribution < -0.4 is 5.73 Å². The summed E-state index contributed by atoms with van der Waals surface area (Å²) in [5.41, 5.74) is 8.02. The Hall–Kier alpha value is -1.05. The molecule has 0 amide bonds. The van der Waals surface area contributed by atoms with Gasteiger partial charge in [-0.05, 0) is 37.0 Å². The molecule has 0 saturated heterocycles. The van der Waals surface area contributed by atoms with Crippen LogP contribution in [0.2, 0.25) is 0 Å². The van der Waals surface area contributed by atoms with E-state index < -0.39 is 0 Å². The zero-order valence-electron chi connectivity index (χ0n) is 8.23. The average molecular weight is 181 g/mol. The SMILES string of the molecule is CCCCc1cc(C)c(F)cc1N. The molecule has 2 N–H and O–H groups in total. The largest absolute Gasteiger partial charge is 0.398 e. The summed E-state index contributed by atoms with van der Waals surface area (Å²) in [6, 6.07) is 3.26. The molecule has 13 heavy (non-hydrogen) atoms. The van der Waals surface area contributed by atoms with Crippen LogP contribution in [0.15, 0.2) is 12.1 Å². The van der Waals surface area contributed by atoms with Gasteiger partial charge in [0.25, 0.3) is 0 Å². The van der Waals surface area contributed by atoms with Crippen LogP contribution in [0.5, 0.6) is 0 Å². The molecule has 0 saturated carbocycles. The molecule has 1 nitrogen and oxygen atoms in total. The summed E-state index contributed by atoms with van der Waals surface area (Å²) in [7, 11) is 0. The van der Waals surface area contributed by atoms with Gasteiger partial charge in [-0.15, -0.1) is 0 Å². The molecule has 0 aromatic heterocycles. The first kappa shape index (κ1) is 10.0. The van der Waals surface area contributed by atoms with Gasteiger partial charge in [-0.2, -0.15) is 0 Å². The summed E-state index contributed by atoms with van der Waals surface area (Å²) in [5, 5.41) is 0. The number of unbranched alkanes of at least 4 members (excludes halogenated alkanes) is 1. The van der Waals surface area contributed by atoms with Gasteiger partial charge in [0, 0.05) is 5.69 Å². The number of nitrogen functional groups attached to an aromatic ring is 1. The van der Waals surface area contributed by atoms with Crippen LogP contribution >= 0.6 is 0 Å². The highest BCUT2D eigenvalue weighted by atomic mass is 19.1. The number of halogens is 1. The van der Waals surface area contributed by atoms with Crippen molar-refractivity contribution in [1.82, 2.24) is 0 Å². The van der Waals surface area contributed by atoms with Crippen molar-refractivity contribution < 1.29 is 4.39 Å². The van der Waals surface area contributed by atoms with Crippen LogP contribution in [0.3, 0.4) is 0 Å². The summed E-state index contributed by atoms with van der Waals surface area (Å²) in [6.07, 6.45) is 3.19. The highest BCUT2D eigenvalue weighted by Crippen LogP contribution is 2.19. The van der Waals surface area contributed by atoms with E-state index in [0.717, 1.165) is 24.8 Å². The number of aryl methyl sites for hydroxylation is 2. The topological polar surface area (TPSA) is 26.0 Å². The molecule has 72 valence electrons. The monoisotopic (exact) mass is 181 g/mol. The van der Waals surface area contributed by atoms with Crippen LogP contribution in [0.4, 0.5) is 10.1 Å². The van der Waals surface area contributed by atoms with Crippen molar-refractivity contribution >= 4 is 5.69 Å². The van der Waals surface area contributed by atoms with E-state index in [1.807, 2.05) is 6.07 Å². The maximum atomic E-state index is 13.0. The summed E-state index contributed by atoms with van der Waals surface area (Å²) < 4.78 is 13.0. The van der Waals surface area contributed by atoms with Gasteiger partial charge < -0.3 is 5.73 Å². The van der Waals surface area contributed by atoms with E-state index in [-0.39, 0.29) is 5.82 Å². The Morgan fingerprint density at radius 2 is 2.08 bits per heavy atom. The molecule has 0 aliphatic rings. The standard InChI is InChI=1S/C11H16FN/c1-3-4-5-9-6-8(2)10(12)7-11(9)13/h6-7H,3-5,13H2,1-2H3. The zero-order chi connectivity index (χ0) is 9.84. The summed E-state index contributed by atoms with van der Waals surface area (Å²) in [6.45, 7) is 3.90. The lowest BCUT2D eigenvalue weighted by Crippen LogP contribution is -1.97. The molecule has 0 aliphatic carbocycles. The average Bonchev–Trinajstić information content (AvgIpc) is 2.09. The lowest BCUT2D eigenvalue weighted by Gasteiger charge is -2.06. The fraction of sp³-hybridized carbons (Fsp3) is 0.455. The quantitative estimate of drug-likeness (QED) is 0.712. The zero-order valence-corrected chi connectivity index (χ0v) is 8.23. The van der Waals surface area contributed by atoms with Gasteiger partial charge in [-0.3, -0.25) is 0 Å². The van der Waals surface area contributed by atoms with Gasteiger partial charge >= 0.3 is 0 Å². The molecule has 2 heteroatoms. The maximum Gasteiger partial charge on any atom is 0.128 e. The third-order valence-electron chi connectivity index (χ3n) is 2.22. The van der Waals surface area contributed by atoms with E-state index in [4.69, 9.17) is 5.73 Å². The molecule has 0 radical (unpaired) electrons.